The first-order chi connectivity index (χ1) is 21.5. The van der Waals surface area contributed by atoms with Crippen LogP contribution in [0.25, 0.3) is 0 Å². The van der Waals surface area contributed by atoms with Crippen molar-refractivity contribution in [2.45, 2.75) is 143 Å². The average molecular weight is 631 g/mol. The largest absolute Gasteiger partial charge is 0.390 e. The molecule has 9 N–H and O–H groups in total. The minimum absolute atomic E-state index is 0.0370. The molecule has 4 aliphatic rings. The van der Waals surface area contributed by atoms with Crippen LogP contribution in [0, 0.1) is 51.7 Å². The van der Waals surface area contributed by atoms with Crippen LogP contribution in [0.2, 0.25) is 0 Å². The number of unbranched alkanes of at least 4 members (excludes halogenated alkanes) is 1. The van der Waals surface area contributed by atoms with E-state index >= 15 is 0 Å². The zero-order chi connectivity index (χ0) is 33.6. The summed E-state index contributed by atoms with van der Waals surface area (Å²) in [7, 11) is 0. The molecule has 0 aliphatic heterocycles. The lowest BCUT2D eigenvalue weighted by atomic mass is 9.48. The number of nitrogens with zero attached hydrogens (tertiary/aromatic N) is 1. The molecule has 3 fully saturated rings. The van der Waals surface area contributed by atoms with Crippen molar-refractivity contribution in [1.29, 1.82) is 5.41 Å². The van der Waals surface area contributed by atoms with Gasteiger partial charge in [-0.2, -0.15) is 0 Å². The maximum absolute atomic E-state index is 8.00. The molecule has 4 aliphatic carbocycles. The van der Waals surface area contributed by atoms with Crippen LogP contribution >= 0.6 is 0 Å². The van der Waals surface area contributed by atoms with Gasteiger partial charge in [-0.15, -0.1) is 0 Å². The summed E-state index contributed by atoms with van der Waals surface area (Å²) in [4.78, 5) is 12.5. The first-order valence-corrected chi connectivity index (χ1v) is 18.1. The van der Waals surface area contributed by atoms with E-state index in [1.807, 2.05) is 6.79 Å². The number of ether oxygens (including phenoxy) is 1. The van der Waals surface area contributed by atoms with Gasteiger partial charge in [0.15, 0.2) is 5.96 Å². The normalized spacial score (nSPS) is 33.3. The number of carbonyl (C=O) groups excluding carboxylic acids is 1. The number of nitrogens with one attached hydrogen (secondary N) is 1. The van der Waals surface area contributed by atoms with E-state index in [2.05, 4.69) is 51.4 Å². The highest BCUT2D eigenvalue weighted by Crippen LogP contribution is 2.67. The van der Waals surface area contributed by atoms with Gasteiger partial charge >= 0.3 is 0 Å². The smallest absolute Gasteiger partial charge is 0.186 e. The lowest BCUT2D eigenvalue weighted by Gasteiger charge is -2.57. The summed E-state index contributed by atoms with van der Waals surface area (Å²) in [6.45, 7) is 16.0. The average Bonchev–Trinajstić information content (AvgIpc) is 3.25. The van der Waals surface area contributed by atoms with Gasteiger partial charge in [-0.1, -0.05) is 65.5 Å². The molecule has 0 aromatic heterocycles. The van der Waals surface area contributed by atoms with Gasteiger partial charge in [0.2, 0.25) is 0 Å². The monoisotopic (exact) mass is 631 g/mol. The number of aliphatic imine (C=N–C) groups is 1. The van der Waals surface area contributed by atoms with Gasteiger partial charge in [-0.3, -0.25) is 5.41 Å². The minimum atomic E-state index is 0.0370. The molecule has 9 unspecified atom stereocenters. The van der Waals surface area contributed by atoms with Crippen molar-refractivity contribution in [3.8, 4) is 0 Å². The van der Waals surface area contributed by atoms with Gasteiger partial charge in [0, 0.05) is 0 Å². The maximum atomic E-state index is 8.00. The Balaban J connectivity index is 0.00000133. The second-order valence-electron chi connectivity index (χ2n) is 15.5. The van der Waals surface area contributed by atoms with Crippen molar-refractivity contribution in [2.75, 3.05) is 13.2 Å². The number of rotatable bonds is 13. The minimum Gasteiger partial charge on any atom is -0.390 e. The van der Waals surface area contributed by atoms with Crippen molar-refractivity contribution >= 4 is 19.1 Å². The Hall–Kier alpha value is -1.93. The fourth-order valence-electron chi connectivity index (χ4n) is 10.2. The summed E-state index contributed by atoms with van der Waals surface area (Å²) in [6.07, 6.45) is 22.9. The van der Waals surface area contributed by atoms with Crippen LogP contribution in [-0.4, -0.2) is 44.4 Å². The van der Waals surface area contributed by atoms with Crippen LogP contribution in [-0.2, 0) is 9.53 Å². The molecular weight excluding hydrogens is 560 g/mol. The second kappa shape index (κ2) is 19.0. The summed E-state index contributed by atoms with van der Waals surface area (Å²) in [5.41, 5.74) is 24.2. The molecule has 45 heavy (non-hydrogen) atoms. The standard InChI is InChI=1S/C35H64N4O.CH4N2.CH2O/c1-24(2)10-8-11-25(3)30-16-17-31-29-15-14-26-22-28(40-23-27(39-33(37)38)12-6-7-21-36)13-9-19-34(26,4)32(29)18-20-35(30,31)5;2-1-3;1-2/h14,24-25,27-32H,6-13,15-23,36H2,1-5H3,(H4,37,38,39);1H,(H3,2,3);1H2. The first kappa shape index (κ1) is 39.2. The van der Waals surface area contributed by atoms with E-state index in [9.17, 15) is 0 Å². The fraction of sp³-hybridized carbons (Fsp3) is 0.865. The summed E-state index contributed by atoms with van der Waals surface area (Å²) >= 11 is 0. The van der Waals surface area contributed by atoms with E-state index in [0.29, 0.717) is 24.0 Å². The Kier molecular flexibility index (Phi) is 16.6. The Bertz CT molecular complexity index is 936. The third kappa shape index (κ3) is 10.3. The predicted molar refractivity (Wildman–Crippen MR) is 190 cm³/mol. The molecule has 260 valence electrons. The summed E-state index contributed by atoms with van der Waals surface area (Å²) in [6, 6.07) is 0.0370. The van der Waals surface area contributed by atoms with Gasteiger partial charge in [0.05, 0.1) is 25.1 Å². The zero-order valence-corrected chi connectivity index (χ0v) is 29.6. The zero-order valence-electron chi connectivity index (χ0n) is 29.6. The molecule has 4 rings (SSSR count). The van der Waals surface area contributed by atoms with Gasteiger partial charge in [-0.05, 0) is 130 Å². The second-order valence-corrected chi connectivity index (χ2v) is 15.5. The van der Waals surface area contributed by atoms with E-state index in [1.54, 1.807) is 5.57 Å². The third-order valence-corrected chi connectivity index (χ3v) is 12.3. The SMILES string of the molecule is C=O.CC(C)CCCC(C)C1CCC2C3CC=C4CC(OCC(CCCCN)N=C(N)N)CCCC4(C)C3CCC12C.N=CN. The number of allylic oxidation sites excluding steroid dienone is 1. The maximum Gasteiger partial charge on any atom is 0.186 e. The number of carbonyl (C=O) groups is 1. The molecule has 0 heterocycles. The molecule has 3 saturated carbocycles. The van der Waals surface area contributed by atoms with Gasteiger partial charge in [0.1, 0.15) is 6.79 Å². The van der Waals surface area contributed by atoms with Crippen LogP contribution in [0.5, 0.6) is 0 Å². The third-order valence-electron chi connectivity index (χ3n) is 12.3. The molecule has 0 bridgehead atoms. The molecule has 0 aromatic rings. The number of fused-ring (bicyclic) bond motifs is 5. The van der Waals surface area contributed by atoms with E-state index in [4.69, 9.17) is 32.1 Å². The predicted octanol–water partition coefficient (Wildman–Crippen LogP) is 6.94. The molecule has 8 heteroatoms. The van der Waals surface area contributed by atoms with Gasteiger partial charge < -0.3 is 32.5 Å². The van der Waals surface area contributed by atoms with Crippen molar-refractivity contribution < 1.29 is 9.53 Å². The highest BCUT2D eigenvalue weighted by Gasteiger charge is 2.58. The molecule has 8 nitrogen and oxygen atoms in total. The summed E-state index contributed by atoms with van der Waals surface area (Å²) < 4.78 is 6.57. The van der Waals surface area contributed by atoms with Gasteiger partial charge in [0.25, 0.3) is 0 Å². The summed E-state index contributed by atoms with van der Waals surface area (Å²) in [5, 5.41) is 5.86. The lowest BCUT2D eigenvalue weighted by Crippen LogP contribution is -2.49. The van der Waals surface area contributed by atoms with Crippen molar-refractivity contribution in [3.05, 3.63) is 11.6 Å². The number of nitrogens with two attached hydrogens (primary N) is 4. The Morgan fingerprint density at radius 1 is 1.04 bits per heavy atom. The molecule has 0 aromatic carbocycles. The summed E-state index contributed by atoms with van der Waals surface area (Å²) in [5.74, 6) is 5.46. The Morgan fingerprint density at radius 3 is 2.40 bits per heavy atom. The molecular formula is C37H70N6O2. The number of guanidine groups is 1. The molecule has 9 atom stereocenters. The van der Waals surface area contributed by atoms with Crippen molar-refractivity contribution in [3.63, 3.8) is 0 Å². The molecule has 0 amide bonds. The van der Waals surface area contributed by atoms with Crippen LogP contribution < -0.4 is 22.9 Å². The van der Waals surface area contributed by atoms with E-state index in [0.717, 1.165) is 74.0 Å². The Morgan fingerprint density at radius 2 is 1.76 bits per heavy atom. The topological polar surface area (TPSA) is 167 Å². The molecule has 0 saturated heterocycles. The lowest BCUT2D eigenvalue weighted by molar-refractivity contribution is -0.0980. The van der Waals surface area contributed by atoms with Gasteiger partial charge in [-0.25, -0.2) is 4.99 Å². The van der Waals surface area contributed by atoms with Crippen molar-refractivity contribution in [1.82, 2.24) is 0 Å². The number of hydrogen-bond donors (Lipinski definition) is 5. The fourth-order valence-corrected chi connectivity index (χ4v) is 10.2. The number of hydrogen-bond acceptors (Lipinski definition) is 5. The molecule has 0 radical (unpaired) electrons. The molecule has 0 spiro atoms. The van der Waals surface area contributed by atoms with E-state index in [1.165, 1.54) is 64.2 Å². The van der Waals surface area contributed by atoms with E-state index < -0.39 is 0 Å². The van der Waals surface area contributed by atoms with E-state index in [-0.39, 0.29) is 18.1 Å². The van der Waals surface area contributed by atoms with Crippen LogP contribution in [0.4, 0.5) is 0 Å². The first-order valence-electron chi connectivity index (χ1n) is 18.1. The van der Waals surface area contributed by atoms with Crippen LogP contribution in [0.3, 0.4) is 0 Å². The Labute approximate surface area is 275 Å². The van der Waals surface area contributed by atoms with Crippen molar-refractivity contribution in [2.24, 2.45) is 74.3 Å². The quantitative estimate of drug-likeness (QED) is 0.0639. The highest BCUT2D eigenvalue weighted by molar-refractivity contribution is 5.75. The highest BCUT2D eigenvalue weighted by atomic mass is 16.5. The van der Waals surface area contributed by atoms with Crippen LogP contribution in [0.1, 0.15) is 131 Å². The van der Waals surface area contributed by atoms with Crippen LogP contribution in [0.15, 0.2) is 16.6 Å².